The maximum absolute atomic E-state index is 11.8. The van der Waals surface area contributed by atoms with Crippen LogP contribution < -0.4 is 4.74 Å². The molecule has 0 aromatic heterocycles. The molecule has 0 N–H and O–H groups in total. The van der Waals surface area contributed by atoms with E-state index in [0.29, 0.717) is 12.5 Å². The number of ether oxygens (including phenoxy) is 2. The summed E-state index contributed by atoms with van der Waals surface area (Å²) in [4.78, 5) is 16.4. The Bertz CT molecular complexity index is 916. The molecule has 0 aliphatic rings. The maximum Gasteiger partial charge on any atom is 0.330 e. The number of benzene rings is 2. The quantitative estimate of drug-likeness (QED) is 0.0827. The van der Waals surface area contributed by atoms with Crippen molar-refractivity contribution in [2.75, 3.05) is 13.2 Å². The third-order valence-corrected chi connectivity index (χ3v) is 6.52. The van der Waals surface area contributed by atoms with Crippen LogP contribution in [0.2, 0.25) is 0 Å². The first-order valence-corrected chi connectivity index (χ1v) is 14.3. The predicted octanol–water partition coefficient (Wildman–Crippen LogP) is 9.34. The van der Waals surface area contributed by atoms with Crippen molar-refractivity contribution in [3.05, 3.63) is 65.7 Å². The van der Waals surface area contributed by atoms with E-state index in [1.54, 1.807) is 6.08 Å². The SMILES string of the molecule is CCCCCCCCCCCCOc1ccc(C=Nc2ccc(C=CC(=O)OCC(C)CC)cc2)cc1. The number of carbonyl (C=O) groups is 1. The molecule has 0 heterocycles. The normalized spacial score (nSPS) is 12.3. The van der Waals surface area contributed by atoms with Crippen LogP contribution in [-0.4, -0.2) is 25.4 Å². The Morgan fingerprint density at radius 3 is 2.03 bits per heavy atom. The Morgan fingerprint density at radius 1 is 0.811 bits per heavy atom. The molecule has 4 nitrogen and oxygen atoms in total. The van der Waals surface area contributed by atoms with Gasteiger partial charge in [0, 0.05) is 12.3 Å². The van der Waals surface area contributed by atoms with Crippen LogP contribution in [0.1, 0.15) is 103 Å². The number of rotatable bonds is 19. The fraction of sp³-hybridized carbons (Fsp3) is 0.515. The molecule has 0 aliphatic heterocycles. The largest absolute Gasteiger partial charge is 0.494 e. The van der Waals surface area contributed by atoms with Gasteiger partial charge < -0.3 is 9.47 Å². The summed E-state index contributed by atoms with van der Waals surface area (Å²) in [5.74, 6) is 0.984. The standard InChI is InChI=1S/C33H47NO3/c1-4-6-7-8-9-10-11-12-13-14-25-36-32-22-17-30(18-23-32)26-34-31-20-15-29(16-21-31)19-24-33(35)37-27-28(3)5-2/h15-24,26,28H,4-14,25,27H2,1-3H3. The third-order valence-electron chi connectivity index (χ3n) is 6.52. The molecule has 2 aromatic rings. The molecular weight excluding hydrogens is 458 g/mol. The number of aliphatic imine (C=N–C) groups is 1. The molecule has 0 spiro atoms. The zero-order chi connectivity index (χ0) is 26.6. The first-order valence-electron chi connectivity index (χ1n) is 14.3. The summed E-state index contributed by atoms with van der Waals surface area (Å²) < 4.78 is 11.1. The second-order valence-corrected chi connectivity index (χ2v) is 9.93. The number of hydrogen-bond donors (Lipinski definition) is 0. The second-order valence-electron chi connectivity index (χ2n) is 9.93. The van der Waals surface area contributed by atoms with Gasteiger partial charge in [0.2, 0.25) is 0 Å². The molecule has 0 saturated heterocycles. The summed E-state index contributed by atoms with van der Waals surface area (Å²) in [5, 5.41) is 0. The lowest BCUT2D eigenvalue weighted by atomic mass is 10.1. The zero-order valence-corrected chi connectivity index (χ0v) is 23.3. The predicted molar refractivity (Wildman–Crippen MR) is 157 cm³/mol. The Balaban J connectivity index is 1.63. The molecule has 0 saturated carbocycles. The molecule has 0 aliphatic carbocycles. The maximum atomic E-state index is 11.8. The van der Waals surface area contributed by atoms with Crippen molar-refractivity contribution in [1.29, 1.82) is 0 Å². The molecule has 1 atom stereocenters. The van der Waals surface area contributed by atoms with Crippen molar-refractivity contribution in [3.8, 4) is 5.75 Å². The van der Waals surface area contributed by atoms with Crippen LogP contribution in [0.4, 0.5) is 5.69 Å². The fourth-order valence-corrected chi connectivity index (χ4v) is 3.80. The molecule has 202 valence electrons. The van der Waals surface area contributed by atoms with E-state index in [0.717, 1.165) is 42.0 Å². The Kier molecular flexibility index (Phi) is 15.8. The summed E-state index contributed by atoms with van der Waals surface area (Å²) in [5.41, 5.74) is 2.82. The van der Waals surface area contributed by atoms with Crippen LogP contribution in [-0.2, 0) is 9.53 Å². The van der Waals surface area contributed by atoms with Gasteiger partial charge in [-0.25, -0.2) is 4.79 Å². The van der Waals surface area contributed by atoms with E-state index in [1.165, 1.54) is 63.9 Å². The molecule has 37 heavy (non-hydrogen) atoms. The van der Waals surface area contributed by atoms with Gasteiger partial charge in [0.25, 0.3) is 0 Å². The summed E-state index contributed by atoms with van der Waals surface area (Å²) in [7, 11) is 0. The first kappa shape index (κ1) is 30.3. The molecular formula is C33H47NO3. The summed E-state index contributed by atoms with van der Waals surface area (Å²) in [6, 6.07) is 15.8. The van der Waals surface area contributed by atoms with E-state index in [4.69, 9.17) is 9.47 Å². The number of unbranched alkanes of at least 4 members (excludes halogenated alkanes) is 9. The molecule has 0 radical (unpaired) electrons. The van der Waals surface area contributed by atoms with Gasteiger partial charge >= 0.3 is 5.97 Å². The van der Waals surface area contributed by atoms with Crippen molar-refractivity contribution >= 4 is 23.9 Å². The highest BCUT2D eigenvalue weighted by molar-refractivity contribution is 5.87. The second kappa shape index (κ2) is 19.3. The minimum Gasteiger partial charge on any atom is -0.494 e. The van der Waals surface area contributed by atoms with Gasteiger partial charge in [-0.1, -0.05) is 97.1 Å². The van der Waals surface area contributed by atoms with E-state index in [-0.39, 0.29) is 5.97 Å². The van der Waals surface area contributed by atoms with Gasteiger partial charge in [-0.05, 0) is 65.9 Å². The van der Waals surface area contributed by atoms with Crippen molar-refractivity contribution in [3.63, 3.8) is 0 Å². The van der Waals surface area contributed by atoms with Crippen LogP contribution in [0.3, 0.4) is 0 Å². The number of carbonyl (C=O) groups excluding carboxylic acids is 1. The lowest BCUT2D eigenvalue weighted by Crippen LogP contribution is -2.08. The van der Waals surface area contributed by atoms with Crippen LogP contribution in [0, 0.1) is 5.92 Å². The summed E-state index contributed by atoms with van der Waals surface area (Å²) >= 11 is 0. The minimum absolute atomic E-state index is 0.307. The van der Waals surface area contributed by atoms with E-state index in [9.17, 15) is 4.79 Å². The average Bonchev–Trinajstić information content (AvgIpc) is 2.93. The monoisotopic (exact) mass is 505 g/mol. The Morgan fingerprint density at radius 2 is 1.41 bits per heavy atom. The zero-order valence-electron chi connectivity index (χ0n) is 23.3. The van der Waals surface area contributed by atoms with Gasteiger partial charge in [-0.15, -0.1) is 0 Å². The first-order chi connectivity index (χ1) is 18.1. The van der Waals surface area contributed by atoms with Crippen LogP contribution in [0.5, 0.6) is 5.75 Å². The van der Waals surface area contributed by atoms with E-state index in [1.807, 2.05) is 54.7 Å². The van der Waals surface area contributed by atoms with Gasteiger partial charge in [0.1, 0.15) is 5.75 Å². The third kappa shape index (κ3) is 14.4. The van der Waals surface area contributed by atoms with E-state index >= 15 is 0 Å². The molecule has 0 amide bonds. The van der Waals surface area contributed by atoms with Gasteiger partial charge in [-0.3, -0.25) is 4.99 Å². The topological polar surface area (TPSA) is 47.9 Å². The smallest absolute Gasteiger partial charge is 0.330 e. The molecule has 4 heteroatoms. The summed E-state index contributed by atoms with van der Waals surface area (Å²) in [6.45, 7) is 7.66. The van der Waals surface area contributed by atoms with Crippen LogP contribution in [0.25, 0.3) is 6.08 Å². The highest BCUT2D eigenvalue weighted by Gasteiger charge is 2.02. The fourth-order valence-electron chi connectivity index (χ4n) is 3.80. The number of esters is 1. The average molecular weight is 506 g/mol. The molecule has 2 aromatic carbocycles. The summed E-state index contributed by atoms with van der Waals surface area (Å²) in [6.07, 6.45) is 19.4. The van der Waals surface area contributed by atoms with Gasteiger partial charge in [0.15, 0.2) is 0 Å². The molecule has 0 bridgehead atoms. The number of hydrogen-bond acceptors (Lipinski definition) is 4. The molecule has 1 unspecified atom stereocenters. The Labute approximate surface area is 225 Å². The van der Waals surface area contributed by atoms with Gasteiger partial charge in [0.05, 0.1) is 18.9 Å². The van der Waals surface area contributed by atoms with E-state index in [2.05, 4.69) is 25.8 Å². The lowest BCUT2D eigenvalue weighted by molar-refractivity contribution is -0.138. The highest BCUT2D eigenvalue weighted by Crippen LogP contribution is 2.17. The van der Waals surface area contributed by atoms with Crippen molar-refractivity contribution in [2.24, 2.45) is 10.9 Å². The highest BCUT2D eigenvalue weighted by atomic mass is 16.5. The number of nitrogens with zero attached hydrogens (tertiary/aromatic N) is 1. The van der Waals surface area contributed by atoms with Crippen molar-refractivity contribution in [2.45, 2.75) is 91.4 Å². The molecule has 0 fully saturated rings. The lowest BCUT2D eigenvalue weighted by Gasteiger charge is -2.07. The Hall–Kier alpha value is -2.88. The van der Waals surface area contributed by atoms with Crippen LogP contribution in [0.15, 0.2) is 59.6 Å². The van der Waals surface area contributed by atoms with Crippen LogP contribution >= 0.6 is 0 Å². The molecule has 2 rings (SSSR count). The van der Waals surface area contributed by atoms with Gasteiger partial charge in [-0.2, -0.15) is 0 Å². The van der Waals surface area contributed by atoms with Crippen molar-refractivity contribution < 1.29 is 14.3 Å². The van der Waals surface area contributed by atoms with E-state index < -0.39 is 0 Å². The minimum atomic E-state index is -0.307. The van der Waals surface area contributed by atoms with Crippen molar-refractivity contribution in [1.82, 2.24) is 0 Å².